The number of benzene rings is 2. The predicted octanol–water partition coefficient (Wildman–Crippen LogP) is 4.14. The molecule has 0 unspecified atom stereocenters. The summed E-state index contributed by atoms with van der Waals surface area (Å²) in [7, 11) is 0. The van der Waals surface area contributed by atoms with Crippen molar-refractivity contribution in [2.75, 3.05) is 11.1 Å². The number of aryl methyl sites for hydroxylation is 1. The van der Waals surface area contributed by atoms with Crippen molar-refractivity contribution in [1.29, 1.82) is 0 Å². The number of halogens is 3. The third-order valence-electron chi connectivity index (χ3n) is 2.71. The van der Waals surface area contributed by atoms with Crippen LogP contribution in [-0.2, 0) is 4.79 Å². The SMILES string of the molecule is Cc1ccc(NC(=O)CSc2ccc(F)cc2F)cc1F. The summed E-state index contributed by atoms with van der Waals surface area (Å²) < 4.78 is 39.5. The van der Waals surface area contributed by atoms with Gasteiger partial charge in [0.2, 0.25) is 5.91 Å². The fraction of sp³-hybridized carbons (Fsp3) is 0.133. The lowest BCUT2D eigenvalue weighted by atomic mass is 10.2. The molecule has 0 aromatic heterocycles. The molecular formula is C15H12F3NOS. The Balaban J connectivity index is 1.94. The fourth-order valence-electron chi connectivity index (χ4n) is 1.60. The largest absolute Gasteiger partial charge is 0.325 e. The highest BCUT2D eigenvalue weighted by atomic mass is 32.2. The maximum absolute atomic E-state index is 13.4. The van der Waals surface area contributed by atoms with E-state index in [1.807, 2.05) is 0 Å². The Labute approximate surface area is 124 Å². The van der Waals surface area contributed by atoms with Gasteiger partial charge in [0.15, 0.2) is 0 Å². The van der Waals surface area contributed by atoms with Crippen LogP contribution in [0.2, 0.25) is 0 Å². The van der Waals surface area contributed by atoms with Crippen LogP contribution in [0.5, 0.6) is 0 Å². The van der Waals surface area contributed by atoms with E-state index in [1.54, 1.807) is 19.1 Å². The quantitative estimate of drug-likeness (QED) is 0.860. The normalized spacial score (nSPS) is 10.5. The summed E-state index contributed by atoms with van der Waals surface area (Å²) in [5, 5.41) is 2.51. The van der Waals surface area contributed by atoms with Gasteiger partial charge in [-0.05, 0) is 36.8 Å². The first-order valence-electron chi connectivity index (χ1n) is 6.09. The van der Waals surface area contributed by atoms with E-state index in [2.05, 4.69) is 5.32 Å². The Kier molecular flexibility index (Phi) is 4.90. The third kappa shape index (κ3) is 4.26. The van der Waals surface area contributed by atoms with E-state index in [9.17, 15) is 18.0 Å². The number of carbonyl (C=O) groups excluding carboxylic acids is 1. The van der Waals surface area contributed by atoms with Gasteiger partial charge >= 0.3 is 0 Å². The zero-order valence-electron chi connectivity index (χ0n) is 11.1. The Morgan fingerprint density at radius 1 is 1.10 bits per heavy atom. The van der Waals surface area contributed by atoms with Crippen molar-refractivity contribution in [3.05, 3.63) is 59.4 Å². The highest BCUT2D eigenvalue weighted by Crippen LogP contribution is 2.22. The lowest BCUT2D eigenvalue weighted by molar-refractivity contribution is -0.113. The average molecular weight is 311 g/mol. The number of hydrogen-bond donors (Lipinski definition) is 1. The lowest BCUT2D eigenvalue weighted by Crippen LogP contribution is -2.14. The molecule has 0 radical (unpaired) electrons. The molecule has 0 aliphatic carbocycles. The van der Waals surface area contributed by atoms with Gasteiger partial charge in [-0.1, -0.05) is 6.07 Å². The van der Waals surface area contributed by atoms with E-state index < -0.39 is 23.4 Å². The zero-order valence-corrected chi connectivity index (χ0v) is 11.9. The maximum atomic E-state index is 13.4. The van der Waals surface area contributed by atoms with Gasteiger partial charge in [0.05, 0.1) is 5.75 Å². The number of hydrogen-bond acceptors (Lipinski definition) is 2. The fourth-order valence-corrected chi connectivity index (χ4v) is 2.32. The van der Waals surface area contributed by atoms with Gasteiger partial charge in [0, 0.05) is 16.6 Å². The molecule has 2 aromatic rings. The Hall–Kier alpha value is -1.95. The van der Waals surface area contributed by atoms with Crippen LogP contribution >= 0.6 is 11.8 Å². The minimum absolute atomic E-state index is 0.0575. The van der Waals surface area contributed by atoms with Crippen LogP contribution < -0.4 is 5.32 Å². The number of anilines is 1. The second-order valence-corrected chi connectivity index (χ2v) is 5.39. The number of thioether (sulfide) groups is 1. The van der Waals surface area contributed by atoms with Gasteiger partial charge in [0.25, 0.3) is 0 Å². The Morgan fingerprint density at radius 3 is 2.52 bits per heavy atom. The van der Waals surface area contributed by atoms with E-state index in [-0.39, 0.29) is 10.6 Å². The summed E-state index contributed by atoms with van der Waals surface area (Å²) in [5.74, 6) is -2.25. The summed E-state index contributed by atoms with van der Waals surface area (Å²) in [4.78, 5) is 11.9. The molecule has 110 valence electrons. The van der Waals surface area contributed by atoms with Crippen LogP contribution in [0.1, 0.15) is 5.56 Å². The Morgan fingerprint density at radius 2 is 1.86 bits per heavy atom. The minimum atomic E-state index is -0.714. The van der Waals surface area contributed by atoms with Crippen molar-refractivity contribution in [1.82, 2.24) is 0 Å². The van der Waals surface area contributed by atoms with Gasteiger partial charge in [-0.2, -0.15) is 0 Å². The molecule has 0 bridgehead atoms. The molecular weight excluding hydrogens is 299 g/mol. The highest BCUT2D eigenvalue weighted by molar-refractivity contribution is 8.00. The molecule has 21 heavy (non-hydrogen) atoms. The standard InChI is InChI=1S/C15H12F3NOS/c1-9-2-4-11(7-12(9)17)19-15(20)8-21-14-5-3-10(16)6-13(14)18/h2-7H,8H2,1H3,(H,19,20). The molecule has 0 spiro atoms. The van der Waals surface area contributed by atoms with Crippen molar-refractivity contribution in [2.24, 2.45) is 0 Å². The van der Waals surface area contributed by atoms with Gasteiger partial charge in [-0.25, -0.2) is 13.2 Å². The first-order chi connectivity index (χ1) is 9.95. The summed E-state index contributed by atoms with van der Waals surface area (Å²) >= 11 is 0.943. The summed E-state index contributed by atoms with van der Waals surface area (Å²) in [6, 6.07) is 7.51. The zero-order chi connectivity index (χ0) is 15.4. The number of amides is 1. The molecule has 0 aliphatic heterocycles. The Bertz CT molecular complexity index is 676. The molecule has 6 heteroatoms. The van der Waals surface area contributed by atoms with Crippen molar-refractivity contribution < 1.29 is 18.0 Å². The maximum Gasteiger partial charge on any atom is 0.234 e. The van der Waals surface area contributed by atoms with Crippen LogP contribution in [0.15, 0.2) is 41.3 Å². The number of rotatable bonds is 4. The summed E-state index contributed by atoms with van der Waals surface area (Å²) in [6.45, 7) is 1.62. The minimum Gasteiger partial charge on any atom is -0.325 e. The van der Waals surface area contributed by atoms with E-state index in [0.29, 0.717) is 11.3 Å². The van der Waals surface area contributed by atoms with Crippen LogP contribution in [0.4, 0.5) is 18.9 Å². The summed E-state index contributed by atoms with van der Waals surface area (Å²) in [5.41, 5.74) is 0.819. The summed E-state index contributed by atoms with van der Waals surface area (Å²) in [6.07, 6.45) is 0. The van der Waals surface area contributed by atoms with Gasteiger partial charge in [-0.15, -0.1) is 11.8 Å². The predicted molar refractivity (Wildman–Crippen MR) is 76.8 cm³/mol. The molecule has 0 fully saturated rings. The topological polar surface area (TPSA) is 29.1 Å². The second-order valence-electron chi connectivity index (χ2n) is 4.38. The second kappa shape index (κ2) is 6.67. The molecule has 1 amide bonds. The number of nitrogens with one attached hydrogen (secondary N) is 1. The molecule has 2 nitrogen and oxygen atoms in total. The molecule has 2 aromatic carbocycles. The average Bonchev–Trinajstić information content (AvgIpc) is 2.42. The monoisotopic (exact) mass is 311 g/mol. The van der Waals surface area contributed by atoms with Crippen LogP contribution in [0, 0.1) is 24.4 Å². The lowest BCUT2D eigenvalue weighted by Gasteiger charge is -2.07. The van der Waals surface area contributed by atoms with E-state index in [0.717, 1.165) is 23.9 Å². The first-order valence-corrected chi connectivity index (χ1v) is 7.08. The van der Waals surface area contributed by atoms with Gasteiger partial charge < -0.3 is 5.32 Å². The molecule has 0 aliphatic rings. The van der Waals surface area contributed by atoms with Gasteiger partial charge in [-0.3, -0.25) is 4.79 Å². The molecule has 1 N–H and O–H groups in total. The van der Waals surface area contributed by atoms with Crippen molar-refractivity contribution >= 4 is 23.4 Å². The van der Waals surface area contributed by atoms with Gasteiger partial charge in [0.1, 0.15) is 17.5 Å². The highest BCUT2D eigenvalue weighted by Gasteiger charge is 2.09. The first kappa shape index (κ1) is 15.4. The van der Waals surface area contributed by atoms with E-state index in [1.165, 1.54) is 12.1 Å². The van der Waals surface area contributed by atoms with Crippen molar-refractivity contribution in [2.45, 2.75) is 11.8 Å². The van der Waals surface area contributed by atoms with Crippen LogP contribution in [-0.4, -0.2) is 11.7 Å². The smallest absolute Gasteiger partial charge is 0.234 e. The molecule has 0 saturated heterocycles. The molecule has 0 heterocycles. The van der Waals surface area contributed by atoms with E-state index >= 15 is 0 Å². The molecule has 0 saturated carbocycles. The van der Waals surface area contributed by atoms with Crippen molar-refractivity contribution in [3.63, 3.8) is 0 Å². The third-order valence-corrected chi connectivity index (χ3v) is 3.76. The van der Waals surface area contributed by atoms with E-state index in [4.69, 9.17) is 0 Å². The molecule has 0 atom stereocenters. The van der Waals surface area contributed by atoms with Crippen LogP contribution in [0.3, 0.4) is 0 Å². The van der Waals surface area contributed by atoms with Crippen molar-refractivity contribution in [3.8, 4) is 0 Å². The molecule has 2 rings (SSSR count). The van der Waals surface area contributed by atoms with Crippen LogP contribution in [0.25, 0.3) is 0 Å². The number of carbonyl (C=O) groups is 1.